The molecule has 2 fully saturated rings. The van der Waals surface area contributed by atoms with Gasteiger partial charge in [-0.15, -0.1) is 0 Å². The Bertz CT molecular complexity index is 858. The van der Waals surface area contributed by atoms with Crippen LogP contribution in [0.4, 0.5) is 11.5 Å². The van der Waals surface area contributed by atoms with E-state index in [1.807, 2.05) is 40.1 Å². The highest BCUT2D eigenvalue weighted by Gasteiger charge is 2.22. The van der Waals surface area contributed by atoms with Gasteiger partial charge in [-0.05, 0) is 30.2 Å². The van der Waals surface area contributed by atoms with Crippen LogP contribution in [0.15, 0.2) is 48.9 Å². The lowest BCUT2D eigenvalue weighted by atomic mass is 10.1. The van der Waals surface area contributed by atoms with Crippen molar-refractivity contribution < 1.29 is 9.59 Å². The van der Waals surface area contributed by atoms with Crippen molar-refractivity contribution in [3.63, 3.8) is 0 Å². The smallest absolute Gasteiger partial charge is 0.246 e. The van der Waals surface area contributed by atoms with Gasteiger partial charge < -0.3 is 14.7 Å². The van der Waals surface area contributed by atoms with Crippen LogP contribution >= 0.6 is 0 Å². The summed E-state index contributed by atoms with van der Waals surface area (Å²) >= 11 is 0. The number of aromatic nitrogens is 2. The number of anilines is 2. The van der Waals surface area contributed by atoms with Gasteiger partial charge in [-0.25, -0.2) is 4.98 Å². The molecule has 0 saturated carbocycles. The van der Waals surface area contributed by atoms with Crippen LogP contribution in [0.25, 0.3) is 6.08 Å². The molecule has 2 saturated heterocycles. The largest absolute Gasteiger partial charge is 0.352 e. The number of hydrogen-bond donors (Lipinski definition) is 0. The number of carbonyl (C=O) groups is 2. The summed E-state index contributed by atoms with van der Waals surface area (Å²) in [5.74, 6) is 1.04. The minimum Gasteiger partial charge on any atom is -0.352 e. The van der Waals surface area contributed by atoms with Crippen molar-refractivity contribution >= 4 is 29.4 Å². The molecule has 1 aromatic heterocycles. The number of piperazine rings is 1. The van der Waals surface area contributed by atoms with E-state index in [4.69, 9.17) is 0 Å². The number of carbonyl (C=O) groups excluding carboxylic acids is 2. The standard InChI is InChI=1S/C21H23N5O2/c27-20(25-14-12-24(13-15-25)19-16-22-9-10-23-19)8-5-17-3-6-18(7-4-17)26-11-1-2-21(26)28/h3-10,16H,1-2,11-15H2/b8-5+. The van der Waals surface area contributed by atoms with Crippen molar-refractivity contribution in [3.8, 4) is 0 Å². The topological polar surface area (TPSA) is 69.6 Å². The minimum absolute atomic E-state index is 0.0117. The second-order valence-corrected chi connectivity index (χ2v) is 6.95. The highest BCUT2D eigenvalue weighted by Crippen LogP contribution is 2.22. The second-order valence-electron chi connectivity index (χ2n) is 6.95. The van der Waals surface area contributed by atoms with Crippen LogP contribution < -0.4 is 9.80 Å². The summed E-state index contributed by atoms with van der Waals surface area (Å²) in [5.41, 5.74) is 1.87. The van der Waals surface area contributed by atoms with Gasteiger partial charge in [0.15, 0.2) is 0 Å². The van der Waals surface area contributed by atoms with Gasteiger partial charge in [-0.1, -0.05) is 12.1 Å². The van der Waals surface area contributed by atoms with E-state index in [1.165, 1.54) is 0 Å². The van der Waals surface area contributed by atoms with E-state index in [2.05, 4.69) is 14.9 Å². The predicted octanol–water partition coefficient (Wildman–Crippen LogP) is 1.97. The minimum atomic E-state index is 0.0117. The summed E-state index contributed by atoms with van der Waals surface area (Å²) < 4.78 is 0. The van der Waals surface area contributed by atoms with Crippen LogP contribution in [-0.2, 0) is 9.59 Å². The number of rotatable bonds is 4. The normalized spacial score (nSPS) is 17.6. The zero-order valence-electron chi connectivity index (χ0n) is 15.7. The Labute approximate surface area is 164 Å². The summed E-state index contributed by atoms with van der Waals surface area (Å²) in [6.45, 7) is 3.60. The first-order valence-corrected chi connectivity index (χ1v) is 9.59. The summed E-state index contributed by atoms with van der Waals surface area (Å²) in [5, 5.41) is 0. The van der Waals surface area contributed by atoms with Crippen molar-refractivity contribution in [3.05, 3.63) is 54.5 Å². The molecule has 0 unspecified atom stereocenters. The van der Waals surface area contributed by atoms with Crippen LogP contribution in [0.5, 0.6) is 0 Å². The molecular formula is C21H23N5O2. The Balaban J connectivity index is 1.31. The fourth-order valence-electron chi connectivity index (χ4n) is 3.57. The average molecular weight is 377 g/mol. The van der Waals surface area contributed by atoms with E-state index in [-0.39, 0.29) is 11.8 Å². The molecule has 7 heteroatoms. The molecule has 0 atom stereocenters. The molecule has 2 aliphatic rings. The Morgan fingerprint density at radius 1 is 1.00 bits per heavy atom. The van der Waals surface area contributed by atoms with Gasteiger partial charge in [-0.2, -0.15) is 0 Å². The Hall–Kier alpha value is -3.22. The molecule has 2 aromatic rings. The summed E-state index contributed by atoms with van der Waals surface area (Å²) in [6.07, 6.45) is 10.1. The van der Waals surface area contributed by atoms with E-state index in [0.29, 0.717) is 19.5 Å². The third kappa shape index (κ3) is 4.03. The maximum absolute atomic E-state index is 12.5. The van der Waals surface area contributed by atoms with E-state index < -0.39 is 0 Å². The summed E-state index contributed by atoms with van der Waals surface area (Å²) in [7, 11) is 0. The summed E-state index contributed by atoms with van der Waals surface area (Å²) in [6, 6.07) is 7.76. The highest BCUT2D eigenvalue weighted by molar-refractivity contribution is 5.95. The van der Waals surface area contributed by atoms with Crippen molar-refractivity contribution in [2.24, 2.45) is 0 Å². The second kappa shape index (κ2) is 8.21. The number of amides is 2. The summed E-state index contributed by atoms with van der Waals surface area (Å²) in [4.78, 5) is 38.5. The molecule has 144 valence electrons. The zero-order valence-corrected chi connectivity index (χ0v) is 15.7. The predicted molar refractivity (Wildman–Crippen MR) is 108 cm³/mol. The van der Waals surface area contributed by atoms with Crippen LogP contribution in [0, 0.1) is 0 Å². The Morgan fingerprint density at radius 2 is 1.79 bits per heavy atom. The third-order valence-electron chi connectivity index (χ3n) is 5.16. The molecule has 3 heterocycles. The molecular weight excluding hydrogens is 354 g/mol. The van der Waals surface area contributed by atoms with Gasteiger partial charge in [0.1, 0.15) is 5.82 Å². The van der Waals surface area contributed by atoms with E-state index >= 15 is 0 Å². The van der Waals surface area contributed by atoms with Crippen molar-refractivity contribution in [2.45, 2.75) is 12.8 Å². The van der Waals surface area contributed by atoms with Crippen molar-refractivity contribution in [1.29, 1.82) is 0 Å². The molecule has 2 amide bonds. The van der Waals surface area contributed by atoms with Gasteiger partial charge >= 0.3 is 0 Å². The SMILES string of the molecule is O=C(/C=C/c1ccc(N2CCCC2=O)cc1)N1CCN(c2cnccn2)CC1. The first-order chi connectivity index (χ1) is 13.7. The Kier molecular flexibility index (Phi) is 5.32. The molecule has 28 heavy (non-hydrogen) atoms. The first-order valence-electron chi connectivity index (χ1n) is 9.59. The number of hydrogen-bond acceptors (Lipinski definition) is 5. The van der Waals surface area contributed by atoms with Crippen LogP contribution in [-0.4, -0.2) is 59.4 Å². The van der Waals surface area contributed by atoms with Gasteiger partial charge in [-0.3, -0.25) is 14.6 Å². The van der Waals surface area contributed by atoms with Gasteiger partial charge in [0.2, 0.25) is 11.8 Å². The van der Waals surface area contributed by atoms with Gasteiger partial charge in [0.25, 0.3) is 0 Å². The maximum atomic E-state index is 12.5. The molecule has 0 N–H and O–H groups in total. The first kappa shape index (κ1) is 18.2. The lowest BCUT2D eigenvalue weighted by Crippen LogP contribution is -2.48. The molecule has 0 aliphatic carbocycles. The molecule has 7 nitrogen and oxygen atoms in total. The number of nitrogens with zero attached hydrogens (tertiary/aromatic N) is 5. The zero-order chi connectivity index (χ0) is 19.3. The van der Waals surface area contributed by atoms with Crippen molar-refractivity contribution in [2.75, 3.05) is 42.5 Å². The monoisotopic (exact) mass is 377 g/mol. The molecule has 0 radical (unpaired) electrons. The van der Waals surface area contributed by atoms with Crippen LogP contribution in [0.1, 0.15) is 18.4 Å². The fraction of sp³-hybridized carbons (Fsp3) is 0.333. The Morgan fingerprint density at radius 3 is 2.43 bits per heavy atom. The van der Waals surface area contributed by atoms with E-state index in [9.17, 15) is 9.59 Å². The molecule has 0 spiro atoms. The molecule has 2 aliphatic heterocycles. The van der Waals surface area contributed by atoms with Gasteiger partial charge in [0, 0.05) is 63.3 Å². The fourth-order valence-corrected chi connectivity index (χ4v) is 3.57. The lowest BCUT2D eigenvalue weighted by molar-refractivity contribution is -0.126. The highest BCUT2D eigenvalue weighted by atomic mass is 16.2. The quantitative estimate of drug-likeness (QED) is 0.762. The average Bonchev–Trinajstić information content (AvgIpc) is 3.19. The van der Waals surface area contributed by atoms with Crippen molar-refractivity contribution in [1.82, 2.24) is 14.9 Å². The van der Waals surface area contributed by atoms with Gasteiger partial charge in [0.05, 0.1) is 6.20 Å². The third-order valence-corrected chi connectivity index (χ3v) is 5.16. The number of benzene rings is 1. The maximum Gasteiger partial charge on any atom is 0.246 e. The van der Waals surface area contributed by atoms with Crippen LogP contribution in [0.2, 0.25) is 0 Å². The van der Waals surface area contributed by atoms with E-state index in [1.54, 1.807) is 24.7 Å². The van der Waals surface area contributed by atoms with Crippen LogP contribution in [0.3, 0.4) is 0 Å². The molecule has 1 aromatic carbocycles. The molecule has 0 bridgehead atoms. The lowest BCUT2D eigenvalue weighted by Gasteiger charge is -2.34. The van der Waals surface area contributed by atoms with E-state index in [0.717, 1.165) is 43.1 Å². The molecule has 4 rings (SSSR count).